The third-order valence-corrected chi connectivity index (χ3v) is 4.55. The second-order valence-corrected chi connectivity index (χ2v) is 6.47. The number of pyridine rings is 2. The number of H-pyrrole nitrogens is 1. The van der Waals surface area contributed by atoms with Crippen molar-refractivity contribution in [3.05, 3.63) is 90.1 Å². The minimum Gasteiger partial charge on any atom is -0.385 e. The first-order valence-electron chi connectivity index (χ1n) is 9.22. The first-order chi connectivity index (χ1) is 13.8. The first-order valence-corrected chi connectivity index (χ1v) is 9.22. The molecule has 140 valence electrons. The van der Waals surface area contributed by atoms with Crippen LogP contribution in [0.4, 0.5) is 5.69 Å². The van der Waals surface area contributed by atoms with E-state index in [1.807, 2.05) is 36.4 Å². The fourth-order valence-corrected chi connectivity index (χ4v) is 3.11. The Morgan fingerprint density at radius 1 is 1.00 bits per heavy atom. The number of nitrogens with zero attached hydrogens (tertiary/aromatic N) is 2. The van der Waals surface area contributed by atoms with Gasteiger partial charge in [-0.3, -0.25) is 14.8 Å². The van der Waals surface area contributed by atoms with Gasteiger partial charge in [0.1, 0.15) is 5.69 Å². The lowest BCUT2D eigenvalue weighted by Gasteiger charge is -2.08. The van der Waals surface area contributed by atoms with Crippen LogP contribution in [-0.4, -0.2) is 27.4 Å². The van der Waals surface area contributed by atoms with Crippen LogP contribution in [0.5, 0.6) is 0 Å². The zero-order valence-electron chi connectivity index (χ0n) is 15.4. The molecule has 0 saturated heterocycles. The lowest BCUT2D eigenvalue weighted by atomic mass is 10.1. The Morgan fingerprint density at radius 2 is 1.89 bits per heavy atom. The Labute approximate surface area is 163 Å². The van der Waals surface area contributed by atoms with E-state index in [9.17, 15) is 4.79 Å². The summed E-state index contributed by atoms with van der Waals surface area (Å²) < 4.78 is 0. The van der Waals surface area contributed by atoms with Crippen molar-refractivity contribution >= 4 is 22.5 Å². The van der Waals surface area contributed by atoms with E-state index in [0.29, 0.717) is 12.2 Å². The average molecular weight is 371 g/mol. The van der Waals surface area contributed by atoms with Crippen LogP contribution in [-0.2, 0) is 13.0 Å². The number of anilines is 1. The highest BCUT2D eigenvalue weighted by atomic mass is 16.1. The van der Waals surface area contributed by atoms with E-state index in [1.54, 1.807) is 18.5 Å². The standard InChI is InChI=1S/C22H21N5O/c28-22(27-15-18-5-3-4-10-23-18)21-13-17(9-12-25-21)24-11-8-16-14-26-20-7-2-1-6-19(16)20/h1-7,9-10,12-14,26H,8,11,15H2,(H,24,25)(H,27,28). The van der Waals surface area contributed by atoms with E-state index in [0.717, 1.165) is 29.9 Å². The maximum atomic E-state index is 12.3. The van der Waals surface area contributed by atoms with Gasteiger partial charge in [-0.2, -0.15) is 0 Å². The van der Waals surface area contributed by atoms with Gasteiger partial charge in [0, 0.05) is 41.7 Å². The largest absolute Gasteiger partial charge is 0.385 e. The molecule has 1 aromatic carbocycles. The number of aromatic amines is 1. The van der Waals surface area contributed by atoms with Crippen LogP contribution >= 0.6 is 0 Å². The Hall–Kier alpha value is -3.67. The second-order valence-electron chi connectivity index (χ2n) is 6.47. The first kappa shape index (κ1) is 17.7. The monoisotopic (exact) mass is 371 g/mol. The molecule has 4 rings (SSSR count). The molecule has 6 nitrogen and oxygen atoms in total. The fourth-order valence-electron chi connectivity index (χ4n) is 3.11. The van der Waals surface area contributed by atoms with Crippen molar-refractivity contribution in [2.24, 2.45) is 0 Å². The maximum Gasteiger partial charge on any atom is 0.270 e. The number of rotatable bonds is 7. The van der Waals surface area contributed by atoms with Gasteiger partial charge >= 0.3 is 0 Å². The molecule has 0 unspecified atom stereocenters. The van der Waals surface area contributed by atoms with Crippen molar-refractivity contribution in [1.82, 2.24) is 20.3 Å². The van der Waals surface area contributed by atoms with Crippen LogP contribution in [0.15, 0.2) is 73.2 Å². The molecular formula is C22H21N5O. The SMILES string of the molecule is O=C(NCc1ccccn1)c1cc(NCCc2c[nH]c3ccccc23)ccn1. The molecule has 0 aliphatic heterocycles. The Kier molecular flexibility index (Phi) is 5.29. The highest BCUT2D eigenvalue weighted by Gasteiger charge is 2.08. The molecule has 4 aromatic rings. The van der Waals surface area contributed by atoms with Gasteiger partial charge in [-0.05, 0) is 42.3 Å². The number of amides is 1. The molecule has 3 N–H and O–H groups in total. The number of fused-ring (bicyclic) bond motifs is 1. The Bertz CT molecular complexity index is 1070. The van der Waals surface area contributed by atoms with Crippen LogP contribution in [0.25, 0.3) is 10.9 Å². The van der Waals surface area contributed by atoms with Crippen molar-refractivity contribution < 1.29 is 4.79 Å². The lowest BCUT2D eigenvalue weighted by Crippen LogP contribution is -2.24. The number of hydrogen-bond acceptors (Lipinski definition) is 4. The highest BCUT2D eigenvalue weighted by Crippen LogP contribution is 2.18. The molecule has 1 amide bonds. The molecule has 6 heteroatoms. The van der Waals surface area contributed by atoms with E-state index in [2.05, 4.69) is 43.9 Å². The second kappa shape index (κ2) is 8.35. The maximum absolute atomic E-state index is 12.3. The smallest absolute Gasteiger partial charge is 0.270 e. The molecule has 3 aromatic heterocycles. The molecule has 0 bridgehead atoms. The van der Waals surface area contributed by atoms with Crippen LogP contribution in [0, 0.1) is 0 Å². The molecule has 0 spiro atoms. The van der Waals surface area contributed by atoms with Gasteiger partial charge in [0.05, 0.1) is 12.2 Å². The van der Waals surface area contributed by atoms with E-state index in [-0.39, 0.29) is 5.91 Å². The summed E-state index contributed by atoms with van der Waals surface area (Å²) >= 11 is 0. The average Bonchev–Trinajstić information content (AvgIpc) is 3.16. The summed E-state index contributed by atoms with van der Waals surface area (Å²) in [6.07, 6.45) is 6.28. The summed E-state index contributed by atoms with van der Waals surface area (Å²) in [5.74, 6) is -0.217. The van der Waals surface area contributed by atoms with E-state index < -0.39 is 0 Å². The summed E-state index contributed by atoms with van der Waals surface area (Å²) in [4.78, 5) is 24.0. The summed E-state index contributed by atoms with van der Waals surface area (Å²) in [5, 5.41) is 7.46. The highest BCUT2D eigenvalue weighted by molar-refractivity contribution is 5.93. The van der Waals surface area contributed by atoms with Crippen LogP contribution < -0.4 is 10.6 Å². The number of carbonyl (C=O) groups is 1. The summed E-state index contributed by atoms with van der Waals surface area (Å²) in [6, 6.07) is 17.5. The lowest BCUT2D eigenvalue weighted by molar-refractivity contribution is 0.0945. The molecule has 0 atom stereocenters. The van der Waals surface area contributed by atoms with Gasteiger partial charge in [-0.1, -0.05) is 24.3 Å². The summed E-state index contributed by atoms with van der Waals surface area (Å²) in [6.45, 7) is 1.14. The van der Waals surface area contributed by atoms with Crippen molar-refractivity contribution in [3.8, 4) is 0 Å². The van der Waals surface area contributed by atoms with Crippen LogP contribution in [0.1, 0.15) is 21.7 Å². The minimum atomic E-state index is -0.217. The zero-order chi connectivity index (χ0) is 19.2. The molecule has 0 radical (unpaired) electrons. The molecular weight excluding hydrogens is 350 g/mol. The molecule has 0 aliphatic rings. The number of aromatic nitrogens is 3. The van der Waals surface area contributed by atoms with Crippen LogP contribution in [0.2, 0.25) is 0 Å². The topological polar surface area (TPSA) is 82.7 Å². The minimum absolute atomic E-state index is 0.217. The number of hydrogen-bond donors (Lipinski definition) is 3. The van der Waals surface area contributed by atoms with Gasteiger partial charge in [0.25, 0.3) is 5.91 Å². The Balaban J connectivity index is 1.33. The van der Waals surface area contributed by atoms with Crippen molar-refractivity contribution in [1.29, 1.82) is 0 Å². The van der Waals surface area contributed by atoms with E-state index in [1.165, 1.54) is 10.9 Å². The quantitative estimate of drug-likeness (QED) is 0.464. The number of para-hydroxylation sites is 1. The predicted octanol–water partition coefficient (Wildman–Crippen LogP) is 3.54. The van der Waals surface area contributed by atoms with Gasteiger partial charge in [0.2, 0.25) is 0 Å². The van der Waals surface area contributed by atoms with Gasteiger partial charge in [-0.15, -0.1) is 0 Å². The normalized spacial score (nSPS) is 10.7. The van der Waals surface area contributed by atoms with Crippen molar-refractivity contribution in [3.63, 3.8) is 0 Å². The van der Waals surface area contributed by atoms with E-state index >= 15 is 0 Å². The Morgan fingerprint density at radius 3 is 2.79 bits per heavy atom. The van der Waals surface area contributed by atoms with Crippen molar-refractivity contribution in [2.45, 2.75) is 13.0 Å². The molecule has 3 heterocycles. The van der Waals surface area contributed by atoms with Crippen LogP contribution in [0.3, 0.4) is 0 Å². The number of benzene rings is 1. The number of carbonyl (C=O) groups excluding carboxylic acids is 1. The predicted molar refractivity (Wildman–Crippen MR) is 110 cm³/mol. The third kappa shape index (κ3) is 4.17. The fraction of sp³-hybridized carbons (Fsp3) is 0.136. The van der Waals surface area contributed by atoms with E-state index in [4.69, 9.17) is 0 Å². The molecule has 0 saturated carbocycles. The zero-order valence-corrected chi connectivity index (χ0v) is 15.4. The number of nitrogens with one attached hydrogen (secondary N) is 3. The summed E-state index contributed by atoms with van der Waals surface area (Å²) in [7, 11) is 0. The molecule has 28 heavy (non-hydrogen) atoms. The molecule has 0 fully saturated rings. The van der Waals surface area contributed by atoms with Gasteiger partial charge in [0.15, 0.2) is 0 Å². The van der Waals surface area contributed by atoms with Crippen molar-refractivity contribution in [2.75, 3.05) is 11.9 Å². The van der Waals surface area contributed by atoms with Gasteiger partial charge < -0.3 is 15.6 Å². The molecule has 0 aliphatic carbocycles. The third-order valence-electron chi connectivity index (χ3n) is 4.55. The summed E-state index contributed by atoms with van der Waals surface area (Å²) in [5.41, 5.74) is 4.48. The van der Waals surface area contributed by atoms with Gasteiger partial charge in [-0.25, -0.2) is 0 Å².